The van der Waals surface area contributed by atoms with E-state index in [0.29, 0.717) is 5.92 Å². The molecule has 75 valence electrons. The quantitative estimate of drug-likeness (QED) is 0.665. The molecule has 0 nitrogen and oxygen atoms in total. The molecule has 0 amide bonds. The van der Waals surface area contributed by atoms with Crippen molar-refractivity contribution in [3.8, 4) is 0 Å². The molecule has 1 saturated carbocycles. The monoisotopic (exact) mass is 187 g/mol. The van der Waals surface area contributed by atoms with Crippen LogP contribution in [0.15, 0.2) is 30.3 Å². The zero-order chi connectivity index (χ0) is 9.80. The molecule has 0 heterocycles. The lowest BCUT2D eigenvalue weighted by Crippen LogP contribution is -2.08. The molecule has 1 atom stereocenters. The molecule has 1 fully saturated rings. The molecule has 1 aliphatic rings. The van der Waals surface area contributed by atoms with Gasteiger partial charge in [-0.25, -0.2) is 0 Å². The Morgan fingerprint density at radius 2 is 1.79 bits per heavy atom. The van der Waals surface area contributed by atoms with Crippen molar-refractivity contribution in [2.24, 2.45) is 5.92 Å². The standard InChI is InChI=1S/C14H19/c1-2-14(13-10-6-7-11-13)12-8-4-3-5-9-12/h3-5,8-9,13-14H,1-2,6-7,10-11H2. The summed E-state index contributed by atoms with van der Waals surface area (Å²) in [5.74, 6) is 1.61. The van der Waals surface area contributed by atoms with Gasteiger partial charge in [0.2, 0.25) is 0 Å². The second kappa shape index (κ2) is 4.63. The average Bonchev–Trinajstić information content (AvgIpc) is 2.74. The van der Waals surface area contributed by atoms with Crippen molar-refractivity contribution in [1.29, 1.82) is 0 Å². The number of benzene rings is 1. The Bertz CT molecular complexity index is 257. The Kier molecular flexibility index (Phi) is 3.23. The fraction of sp³-hybridized carbons (Fsp3) is 0.500. The summed E-state index contributed by atoms with van der Waals surface area (Å²) in [6, 6.07) is 10.9. The van der Waals surface area contributed by atoms with Crippen LogP contribution in [0.25, 0.3) is 0 Å². The van der Waals surface area contributed by atoms with E-state index in [9.17, 15) is 0 Å². The Morgan fingerprint density at radius 3 is 2.36 bits per heavy atom. The van der Waals surface area contributed by atoms with Gasteiger partial charge in [0.1, 0.15) is 0 Å². The molecule has 1 aromatic carbocycles. The first kappa shape index (κ1) is 9.76. The lowest BCUT2D eigenvalue weighted by Gasteiger charge is -2.22. The van der Waals surface area contributed by atoms with E-state index in [1.807, 2.05) is 0 Å². The summed E-state index contributed by atoms with van der Waals surface area (Å²) in [5, 5.41) is 0. The van der Waals surface area contributed by atoms with Crippen LogP contribution in [0.4, 0.5) is 0 Å². The SMILES string of the molecule is [CH2]CC(c1ccccc1)C1CCCC1. The summed E-state index contributed by atoms with van der Waals surface area (Å²) in [5.41, 5.74) is 1.49. The highest BCUT2D eigenvalue weighted by molar-refractivity contribution is 5.20. The lowest BCUT2D eigenvalue weighted by molar-refractivity contribution is 0.435. The second-order valence-electron chi connectivity index (χ2n) is 4.35. The van der Waals surface area contributed by atoms with Crippen molar-refractivity contribution in [2.45, 2.75) is 38.0 Å². The molecule has 1 aliphatic carbocycles. The van der Waals surface area contributed by atoms with E-state index < -0.39 is 0 Å². The van der Waals surface area contributed by atoms with Crippen molar-refractivity contribution >= 4 is 0 Å². The highest BCUT2D eigenvalue weighted by atomic mass is 14.3. The minimum Gasteiger partial charge on any atom is -0.0622 e. The molecule has 0 saturated heterocycles. The predicted molar refractivity (Wildman–Crippen MR) is 61.1 cm³/mol. The van der Waals surface area contributed by atoms with Crippen molar-refractivity contribution < 1.29 is 0 Å². The molecule has 0 heteroatoms. The van der Waals surface area contributed by atoms with Gasteiger partial charge in [0.25, 0.3) is 0 Å². The van der Waals surface area contributed by atoms with Crippen LogP contribution >= 0.6 is 0 Å². The summed E-state index contributed by atoms with van der Waals surface area (Å²) in [6.45, 7) is 4.11. The smallest absolute Gasteiger partial charge is 0.0134 e. The van der Waals surface area contributed by atoms with Crippen LogP contribution in [-0.4, -0.2) is 0 Å². The molecule has 1 unspecified atom stereocenters. The largest absolute Gasteiger partial charge is 0.0622 e. The van der Waals surface area contributed by atoms with Crippen molar-refractivity contribution in [3.05, 3.63) is 42.8 Å². The third-order valence-corrected chi connectivity index (χ3v) is 3.51. The van der Waals surface area contributed by atoms with Gasteiger partial charge in [-0.2, -0.15) is 0 Å². The minimum absolute atomic E-state index is 0.707. The first-order valence-electron chi connectivity index (χ1n) is 5.76. The zero-order valence-corrected chi connectivity index (χ0v) is 8.78. The molecular formula is C14H19. The van der Waals surface area contributed by atoms with Gasteiger partial charge >= 0.3 is 0 Å². The summed E-state index contributed by atoms with van der Waals surface area (Å²) < 4.78 is 0. The fourth-order valence-electron chi connectivity index (χ4n) is 2.73. The highest BCUT2D eigenvalue weighted by Gasteiger charge is 2.24. The first-order chi connectivity index (χ1) is 6.92. The maximum Gasteiger partial charge on any atom is -0.0134 e. The molecule has 0 bridgehead atoms. The Hall–Kier alpha value is -0.780. The second-order valence-corrected chi connectivity index (χ2v) is 4.35. The third-order valence-electron chi connectivity index (χ3n) is 3.51. The highest BCUT2D eigenvalue weighted by Crippen LogP contribution is 2.38. The lowest BCUT2D eigenvalue weighted by atomic mass is 9.83. The molecule has 0 aromatic heterocycles. The van der Waals surface area contributed by atoms with Crippen molar-refractivity contribution in [3.63, 3.8) is 0 Å². The average molecular weight is 187 g/mol. The topological polar surface area (TPSA) is 0 Å². The van der Waals surface area contributed by atoms with Crippen molar-refractivity contribution in [1.82, 2.24) is 0 Å². The molecule has 0 spiro atoms. The van der Waals surface area contributed by atoms with Crippen LogP contribution in [0.5, 0.6) is 0 Å². The van der Waals surface area contributed by atoms with Gasteiger partial charge < -0.3 is 0 Å². The maximum atomic E-state index is 4.11. The van der Waals surface area contributed by atoms with Crippen LogP contribution in [0.3, 0.4) is 0 Å². The Labute approximate surface area is 87.3 Å². The Balaban J connectivity index is 2.12. The van der Waals surface area contributed by atoms with Crippen LogP contribution in [-0.2, 0) is 0 Å². The molecular weight excluding hydrogens is 168 g/mol. The van der Waals surface area contributed by atoms with E-state index in [1.54, 1.807) is 0 Å². The fourth-order valence-corrected chi connectivity index (χ4v) is 2.73. The normalized spacial score (nSPS) is 19.8. The summed E-state index contributed by atoms with van der Waals surface area (Å²) >= 11 is 0. The number of hydrogen-bond acceptors (Lipinski definition) is 0. The van der Waals surface area contributed by atoms with Gasteiger partial charge in [0, 0.05) is 0 Å². The van der Waals surface area contributed by atoms with Gasteiger partial charge in [-0.15, -0.1) is 0 Å². The number of rotatable bonds is 3. The van der Waals surface area contributed by atoms with Gasteiger partial charge in [0.05, 0.1) is 0 Å². The molecule has 1 radical (unpaired) electrons. The zero-order valence-electron chi connectivity index (χ0n) is 8.78. The van der Waals surface area contributed by atoms with Crippen LogP contribution in [0, 0.1) is 12.8 Å². The van der Waals surface area contributed by atoms with Gasteiger partial charge in [-0.1, -0.05) is 50.1 Å². The maximum absolute atomic E-state index is 4.11. The van der Waals surface area contributed by atoms with E-state index >= 15 is 0 Å². The van der Waals surface area contributed by atoms with Gasteiger partial charge in [0.15, 0.2) is 0 Å². The van der Waals surface area contributed by atoms with Crippen molar-refractivity contribution in [2.75, 3.05) is 0 Å². The summed E-state index contributed by atoms with van der Waals surface area (Å²) in [7, 11) is 0. The van der Waals surface area contributed by atoms with E-state index in [0.717, 1.165) is 12.3 Å². The van der Waals surface area contributed by atoms with Crippen LogP contribution in [0.1, 0.15) is 43.6 Å². The van der Waals surface area contributed by atoms with E-state index in [2.05, 4.69) is 37.3 Å². The van der Waals surface area contributed by atoms with E-state index in [-0.39, 0.29) is 0 Å². The van der Waals surface area contributed by atoms with Gasteiger partial charge in [-0.3, -0.25) is 0 Å². The predicted octanol–water partition coefficient (Wildman–Crippen LogP) is 4.18. The third kappa shape index (κ3) is 2.00. The summed E-state index contributed by atoms with van der Waals surface area (Å²) in [4.78, 5) is 0. The van der Waals surface area contributed by atoms with Crippen LogP contribution < -0.4 is 0 Å². The summed E-state index contributed by atoms with van der Waals surface area (Å²) in [6.07, 6.45) is 6.72. The van der Waals surface area contributed by atoms with E-state index in [4.69, 9.17) is 0 Å². The first-order valence-corrected chi connectivity index (χ1v) is 5.76. The number of hydrogen-bond donors (Lipinski definition) is 0. The minimum atomic E-state index is 0.707. The Morgan fingerprint density at radius 1 is 1.14 bits per heavy atom. The molecule has 0 N–H and O–H groups in total. The van der Waals surface area contributed by atoms with E-state index in [1.165, 1.54) is 31.2 Å². The molecule has 0 aliphatic heterocycles. The van der Waals surface area contributed by atoms with Gasteiger partial charge in [-0.05, 0) is 36.7 Å². The molecule has 2 rings (SSSR count). The van der Waals surface area contributed by atoms with Crippen LogP contribution in [0.2, 0.25) is 0 Å². The molecule has 1 aromatic rings. The molecule has 14 heavy (non-hydrogen) atoms.